The summed E-state index contributed by atoms with van der Waals surface area (Å²) in [7, 11) is 1.37. The Morgan fingerprint density at radius 3 is 2.35 bits per heavy atom. The number of rotatable bonds is 6. The first-order valence-electron chi connectivity index (χ1n) is 11.7. The second-order valence-electron chi connectivity index (χ2n) is 8.57. The molecule has 3 heterocycles. The maximum atomic E-state index is 11.9. The number of aromatic nitrogens is 2. The number of hydrogen-bond acceptors (Lipinski definition) is 5. The molecule has 37 heavy (non-hydrogen) atoms. The van der Waals surface area contributed by atoms with Gasteiger partial charge in [0.2, 0.25) is 5.91 Å². The molecule has 1 aliphatic heterocycles. The summed E-state index contributed by atoms with van der Waals surface area (Å²) in [4.78, 5) is 30.1. The lowest BCUT2D eigenvalue weighted by molar-refractivity contribution is -0.114. The van der Waals surface area contributed by atoms with Gasteiger partial charge in [-0.1, -0.05) is 6.07 Å². The minimum Gasteiger partial charge on any atom is -0.465 e. The number of esters is 1. The van der Waals surface area contributed by atoms with Crippen LogP contribution in [0.5, 0.6) is 0 Å². The van der Waals surface area contributed by atoms with Gasteiger partial charge in [-0.3, -0.25) is 9.78 Å². The average molecular weight is 512 g/mol. The zero-order chi connectivity index (χ0) is 25.9. The van der Waals surface area contributed by atoms with E-state index >= 15 is 0 Å². The summed E-state index contributed by atoms with van der Waals surface area (Å²) in [5.74, 6) is -0.510. The lowest BCUT2D eigenvalue weighted by Crippen LogP contribution is -2.30. The van der Waals surface area contributed by atoms with E-state index < -0.39 is 0 Å². The summed E-state index contributed by atoms with van der Waals surface area (Å²) in [5, 5.41) is 6.84. The van der Waals surface area contributed by atoms with Gasteiger partial charge in [0.1, 0.15) is 6.04 Å². The third-order valence-electron chi connectivity index (χ3n) is 6.21. The van der Waals surface area contributed by atoms with Crippen LogP contribution in [0.1, 0.15) is 40.8 Å². The van der Waals surface area contributed by atoms with Crippen LogP contribution in [0.2, 0.25) is 0 Å². The number of nitrogens with zero attached hydrogens (tertiary/aromatic N) is 3. The molecule has 9 heteroatoms. The number of carbonyl (C=O) groups is 2. The molecule has 0 bridgehead atoms. The van der Waals surface area contributed by atoms with Gasteiger partial charge in [0, 0.05) is 42.1 Å². The van der Waals surface area contributed by atoms with Crippen LogP contribution in [0.25, 0.3) is 5.69 Å². The van der Waals surface area contributed by atoms with E-state index in [2.05, 4.69) is 31.2 Å². The first-order chi connectivity index (χ1) is 18.0. The Kier molecular flexibility index (Phi) is 6.70. The number of anilines is 2. The molecule has 2 N–H and O–H groups in total. The van der Waals surface area contributed by atoms with Crippen LogP contribution in [-0.2, 0) is 9.53 Å². The fourth-order valence-electron chi connectivity index (χ4n) is 4.59. The summed E-state index contributed by atoms with van der Waals surface area (Å²) >= 11 is 5.83. The highest BCUT2D eigenvalue weighted by Crippen LogP contribution is 2.42. The van der Waals surface area contributed by atoms with E-state index in [1.807, 2.05) is 66.9 Å². The molecule has 2 aromatic heterocycles. The highest BCUT2D eigenvalue weighted by molar-refractivity contribution is 7.80. The summed E-state index contributed by atoms with van der Waals surface area (Å²) in [6.45, 7) is 1.48. The Morgan fingerprint density at radius 2 is 1.70 bits per heavy atom. The van der Waals surface area contributed by atoms with Gasteiger partial charge in [0.25, 0.3) is 0 Å². The van der Waals surface area contributed by atoms with Crippen molar-refractivity contribution in [2.75, 3.05) is 17.3 Å². The molecule has 2 atom stereocenters. The third kappa shape index (κ3) is 4.81. The predicted octanol–water partition coefficient (Wildman–Crippen LogP) is 4.79. The Labute approximate surface area is 219 Å². The maximum Gasteiger partial charge on any atom is 0.337 e. The molecule has 1 fully saturated rings. The van der Waals surface area contributed by atoms with E-state index in [9.17, 15) is 9.59 Å². The molecule has 8 nitrogen and oxygen atoms in total. The van der Waals surface area contributed by atoms with Crippen LogP contribution >= 0.6 is 12.2 Å². The lowest BCUT2D eigenvalue weighted by atomic mass is 10.0. The quantitative estimate of drug-likeness (QED) is 0.284. The molecule has 0 unspecified atom stereocenters. The molecule has 0 radical (unpaired) electrons. The fourth-order valence-corrected chi connectivity index (χ4v) is 4.93. The predicted molar refractivity (Wildman–Crippen MR) is 146 cm³/mol. The second-order valence-corrected chi connectivity index (χ2v) is 8.95. The maximum absolute atomic E-state index is 11.9. The summed E-state index contributed by atoms with van der Waals surface area (Å²) in [6, 6.07) is 24.3. The van der Waals surface area contributed by atoms with Crippen LogP contribution in [0, 0.1) is 0 Å². The van der Waals surface area contributed by atoms with E-state index in [1.54, 1.807) is 18.3 Å². The summed E-state index contributed by atoms with van der Waals surface area (Å²) in [6.07, 6.45) is 3.75. The minimum absolute atomic E-state index is 0.129. The highest BCUT2D eigenvalue weighted by atomic mass is 32.1. The number of amides is 1. The number of nitrogens with one attached hydrogen (secondary N) is 2. The van der Waals surface area contributed by atoms with Crippen LogP contribution in [0.15, 0.2) is 91.3 Å². The van der Waals surface area contributed by atoms with Gasteiger partial charge in [-0.05, 0) is 85.0 Å². The van der Waals surface area contributed by atoms with Gasteiger partial charge in [-0.15, -0.1) is 0 Å². The Hall–Kier alpha value is -4.50. The standard InChI is InChI=1S/C28H25N5O3S/c1-18(34)30-20-10-14-22(15-11-20)33-26(25(31-28(33)37)23-6-3-4-16-29-23)24-7-5-17-32(24)21-12-8-19(9-13-21)27(35)36-2/h3-17,25-26H,1-2H3,(H,30,34)(H,31,37)/t25-,26-/m1/s1. The third-order valence-corrected chi connectivity index (χ3v) is 6.53. The Bertz CT molecular complexity index is 1430. The highest BCUT2D eigenvalue weighted by Gasteiger charge is 2.42. The monoisotopic (exact) mass is 511 g/mol. The van der Waals surface area contributed by atoms with Gasteiger partial charge < -0.3 is 24.8 Å². The SMILES string of the molecule is COC(=O)c1ccc(-n2cccc2[C@@H]2[C@@H](c3ccccn3)NC(=S)N2c2ccc(NC(C)=O)cc2)cc1. The molecule has 1 saturated heterocycles. The van der Waals surface area contributed by atoms with Crippen molar-refractivity contribution in [3.05, 3.63) is 108 Å². The topological polar surface area (TPSA) is 88.5 Å². The summed E-state index contributed by atoms with van der Waals surface area (Å²) < 4.78 is 6.91. The average Bonchev–Trinajstić information content (AvgIpc) is 3.53. The molecule has 0 saturated carbocycles. The van der Waals surface area contributed by atoms with Gasteiger partial charge in [-0.2, -0.15) is 0 Å². The van der Waals surface area contributed by atoms with E-state index in [1.165, 1.54) is 14.0 Å². The Balaban J connectivity index is 1.58. The van der Waals surface area contributed by atoms with Gasteiger partial charge >= 0.3 is 5.97 Å². The first-order valence-corrected chi connectivity index (χ1v) is 12.1. The molecule has 0 aliphatic carbocycles. The van der Waals surface area contributed by atoms with E-state index in [-0.39, 0.29) is 24.0 Å². The van der Waals surface area contributed by atoms with Gasteiger partial charge in [0.05, 0.1) is 24.4 Å². The number of benzene rings is 2. The molecule has 4 aromatic rings. The van der Waals surface area contributed by atoms with Crippen molar-refractivity contribution >= 4 is 40.6 Å². The molecule has 2 aromatic carbocycles. The van der Waals surface area contributed by atoms with Crippen molar-refractivity contribution in [1.82, 2.24) is 14.9 Å². The van der Waals surface area contributed by atoms with Gasteiger partial charge in [-0.25, -0.2) is 4.79 Å². The number of methoxy groups -OCH3 is 1. The van der Waals surface area contributed by atoms with E-state index in [4.69, 9.17) is 17.0 Å². The molecular weight excluding hydrogens is 486 g/mol. The molecular formula is C28H25N5O3S. The zero-order valence-electron chi connectivity index (χ0n) is 20.3. The lowest BCUT2D eigenvalue weighted by Gasteiger charge is -2.29. The number of hydrogen-bond donors (Lipinski definition) is 2. The number of thiocarbonyl (C=S) groups is 1. The molecule has 5 rings (SSSR count). The number of carbonyl (C=O) groups excluding carboxylic acids is 2. The van der Waals surface area contributed by atoms with Crippen molar-refractivity contribution in [3.8, 4) is 5.69 Å². The van der Waals surface area contributed by atoms with Crippen LogP contribution < -0.4 is 15.5 Å². The number of ether oxygens (including phenoxy) is 1. The normalized spacial score (nSPS) is 16.8. The number of pyridine rings is 1. The van der Waals surface area contributed by atoms with E-state index in [0.717, 1.165) is 22.8 Å². The largest absolute Gasteiger partial charge is 0.465 e. The van der Waals surface area contributed by atoms with Crippen molar-refractivity contribution < 1.29 is 14.3 Å². The van der Waals surface area contributed by atoms with Crippen molar-refractivity contribution in [3.63, 3.8) is 0 Å². The van der Waals surface area contributed by atoms with Crippen LogP contribution in [0.3, 0.4) is 0 Å². The molecule has 1 amide bonds. The molecule has 1 aliphatic rings. The molecule has 0 spiro atoms. The van der Waals surface area contributed by atoms with E-state index in [0.29, 0.717) is 16.4 Å². The molecule has 186 valence electrons. The smallest absolute Gasteiger partial charge is 0.337 e. The van der Waals surface area contributed by atoms with Crippen molar-refractivity contribution in [2.24, 2.45) is 0 Å². The van der Waals surface area contributed by atoms with Crippen LogP contribution in [-0.4, -0.2) is 33.6 Å². The zero-order valence-corrected chi connectivity index (χ0v) is 21.1. The van der Waals surface area contributed by atoms with Crippen LogP contribution in [0.4, 0.5) is 11.4 Å². The van der Waals surface area contributed by atoms with Crippen molar-refractivity contribution in [1.29, 1.82) is 0 Å². The summed E-state index contributed by atoms with van der Waals surface area (Å²) in [5.41, 5.74) is 4.81. The van der Waals surface area contributed by atoms with Crippen molar-refractivity contribution in [2.45, 2.75) is 19.0 Å². The first kappa shape index (κ1) is 24.2. The minimum atomic E-state index is -0.381. The van der Waals surface area contributed by atoms with Gasteiger partial charge in [0.15, 0.2) is 5.11 Å². The second kappa shape index (κ2) is 10.2. The fraction of sp³-hybridized carbons (Fsp3) is 0.143. The Morgan fingerprint density at radius 1 is 0.973 bits per heavy atom.